The summed E-state index contributed by atoms with van der Waals surface area (Å²) in [5.41, 5.74) is 14.5. The van der Waals surface area contributed by atoms with E-state index in [2.05, 4.69) is 81.7 Å². The number of nitrogens with one attached hydrogen (secondary N) is 4. The average Bonchev–Trinajstić information content (AvgIpc) is 4.25. The number of benzene rings is 4. The number of nitrogens with zero attached hydrogens (tertiary/aromatic N) is 6. The van der Waals surface area contributed by atoms with E-state index in [1.54, 1.807) is 47.5 Å². The standard InChI is InChI=1S/C27H23N5OS.C16H11N3OS.C11H14N2O/c33-26-23(15-18-1-4-21(5-2-18)32-13-11-29-12-14-32)22-16-20(3-6-24(22)30-26)25-17-34-27(31-25)19-7-9-28-10-8-19;20-15-8-12-7-11(1-2-13(12)18-15)14-9-21-16(19-14)10-3-5-17-6-4-10;14-9-10-1-3-11(4-2-10)13-7-5-12-6-8-13/h1-10,15-17,29H,11-14H2,(H,30,33);1-7,9H,8H2,(H,18,20);1-4,9,12H,5-8H2/b23-15-;;. The molecule has 13 nitrogen and oxygen atoms in total. The Labute approximate surface area is 408 Å². The van der Waals surface area contributed by atoms with Crippen molar-refractivity contribution in [3.63, 3.8) is 0 Å². The zero-order valence-corrected chi connectivity index (χ0v) is 39.2. The van der Waals surface area contributed by atoms with Gasteiger partial charge in [0.25, 0.3) is 5.91 Å². The summed E-state index contributed by atoms with van der Waals surface area (Å²) in [6, 6.07) is 36.0. The molecule has 0 saturated carbocycles. The van der Waals surface area contributed by atoms with Crippen molar-refractivity contribution >= 4 is 75.2 Å². The van der Waals surface area contributed by atoms with Gasteiger partial charge in [-0.1, -0.05) is 24.3 Å². The quantitative estimate of drug-likeness (QED) is 0.0852. The number of aromatic nitrogens is 4. The van der Waals surface area contributed by atoms with E-state index in [-0.39, 0.29) is 11.8 Å². The number of aldehydes is 1. The van der Waals surface area contributed by atoms with Crippen LogP contribution in [0, 0.1) is 0 Å². The van der Waals surface area contributed by atoms with Gasteiger partial charge in [0.15, 0.2) is 0 Å². The fourth-order valence-corrected chi connectivity index (χ4v) is 10.2. The third-order valence-corrected chi connectivity index (χ3v) is 14.0. The van der Waals surface area contributed by atoms with Crippen LogP contribution >= 0.6 is 22.7 Å². The third kappa shape index (κ3) is 10.7. The highest BCUT2D eigenvalue weighted by Gasteiger charge is 2.25. The molecule has 0 bridgehead atoms. The van der Waals surface area contributed by atoms with Gasteiger partial charge >= 0.3 is 0 Å². The highest BCUT2D eigenvalue weighted by molar-refractivity contribution is 7.13. The Morgan fingerprint density at radius 3 is 1.58 bits per heavy atom. The van der Waals surface area contributed by atoms with Gasteiger partial charge in [0.05, 0.1) is 17.8 Å². The number of piperazine rings is 2. The SMILES string of the molecule is O=C1Cc2cc(-c3csc(-c4ccncc4)n3)ccc2N1.O=C1Nc2ccc(-c3csc(-c4ccncc4)n3)cc2/C1=C/c1ccc(N2CCNCC2)cc1.O=Cc1ccc(N2CCNCC2)cc1. The van der Waals surface area contributed by atoms with Crippen LogP contribution in [0.2, 0.25) is 0 Å². The maximum Gasteiger partial charge on any atom is 0.256 e. The van der Waals surface area contributed by atoms with Gasteiger partial charge < -0.3 is 31.1 Å². The second-order valence-corrected chi connectivity index (χ2v) is 18.4. The first-order valence-corrected chi connectivity index (χ1v) is 24.6. The van der Waals surface area contributed by atoms with Crippen molar-refractivity contribution in [2.75, 3.05) is 72.8 Å². The number of thiazole rings is 2. The molecule has 2 amide bonds. The lowest BCUT2D eigenvalue weighted by Gasteiger charge is -2.29. The molecule has 0 unspecified atom stereocenters. The van der Waals surface area contributed by atoms with Crippen molar-refractivity contribution in [1.29, 1.82) is 0 Å². The lowest BCUT2D eigenvalue weighted by atomic mass is 10.0. The van der Waals surface area contributed by atoms with Crippen LogP contribution in [0.3, 0.4) is 0 Å². The van der Waals surface area contributed by atoms with E-state index in [1.807, 2.05) is 90.3 Å². The molecule has 2 saturated heterocycles. The number of rotatable bonds is 8. The molecule has 4 aromatic heterocycles. The van der Waals surface area contributed by atoms with Gasteiger partial charge in [0.2, 0.25) is 5.91 Å². The minimum absolute atomic E-state index is 0.0536. The predicted molar refractivity (Wildman–Crippen MR) is 279 cm³/mol. The van der Waals surface area contributed by atoms with E-state index in [9.17, 15) is 14.4 Å². The first kappa shape index (κ1) is 45.1. The topological polar surface area (TPSA) is 157 Å². The number of amides is 2. The minimum atomic E-state index is -0.0749. The van der Waals surface area contributed by atoms with Crippen molar-refractivity contribution in [1.82, 2.24) is 30.6 Å². The van der Waals surface area contributed by atoms with Gasteiger partial charge in [-0.25, -0.2) is 9.97 Å². The lowest BCUT2D eigenvalue weighted by molar-refractivity contribution is -0.115. The fraction of sp³-hybridized carbons (Fsp3) is 0.167. The number of pyridine rings is 2. The molecule has 0 spiro atoms. The summed E-state index contributed by atoms with van der Waals surface area (Å²) < 4.78 is 0. The maximum atomic E-state index is 12.8. The van der Waals surface area contributed by atoms with Crippen LogP contribution in [0.4, 0.5) is 22.7 Å². The van der Waals surface area contributed by atoms with Crippen molar-refractivity contribution in [3.05, 3.63) is 167 Å². The molecule has 0 radical (unpaired) electrons. The summed E-state index contributed by atoms with van der Waals surface area (Å²) in [7, 11) is 0. The Morgan fingerprint density at radius 1 is 0.536 bits per heavy atom. The summed E-state index contributed by atoms with van der Waals surface area (Å²) in [6.45, 7) is 8.20. The molecule has 12 rings (SSSR count). The molecule has 4 N–H and O–H groups in total. The van der Waals surface area contributed by atoms with Gasteiger partial charge in [-0.2, -0.15) is 0 Å². The molecule has 8 aromatic rings. The predicted octanol–water partition coefficient (Wildman–Crippen LogP) is 9.05. The largest absolute Gasteiger partial charge is 0.369 e. The smallest absolute Gasteiger partial charge is 0.256 e. The van der Waals surface area contributed by atoms with Crippen LogP contribution in [-0.4, -0.2) is 90.4 Å². The first-order chi connectivity index (χ1) is 33.9. The molecular weight excluding hydrogens is 901 g/mol. The third-order valence-electron chi connectivity index (χ3n) is 12.2. The van der Waals surface area contributed by atoms with Crippen molar-refractivity contribution in [2.24, 2.45) is 0 Å². The zero-order chi connectivity index (χ0) is 46.9. The highest BCUT2D eigenvalue weighted by Crippen LogP contribution is 2.38. The van der Waals surface area contributed by atoms with Crippen LogP contribution in [0.25, 0.3) is 55.3 Å². The van der Waals surface area contributed by atoms with Crippen LogP contribution in [0.1, 0.15) is 27.0 Å². The Morgan fingerprint density at radius 2 is 1.04 bits per heavy atom. The molecular formula is C54H48N10O3S2. The molecule has 2 fully saturated rings. The minimum Gasteiger partial charge on any atom is -0.369 e. The monoisotopic (exact) mass is 948 g/mol. The van der Waals surface area contributed by atoms with Crippen LogP contribution in [-0.2, 0) is 16.0 Å². The van der Waals surface area contributed by atoms with E-state index in [4.69, 9.17) is 4.98 Å². The van der Waals surface area contributed by atoms with Crippen LogP contribution < -0.4 is 31.1 Å². The van der Waals surface area contributed by atoms with E-state index in [0.29, 0.717) is 12.0 Å². The normalized spacial score (nSPS) is 15.5. The maximum absolute atomic E-state index is 12.8. The molecule has 4 aromatic carbocycles. The fourth-order valence-electron chi connectivity index (χ4n) is 8.50. The Kier molecular flexibility index (Phi) is 13.8. The molecule has 4 aliphatic rings. The number of hydrogen-bond acceptors (Lipinski definition) is 13. The van der Waals surface area contributed by atoms with Gasteiger partial charge in [-0.15, -0.1) is 22.7 Å². The molecule has 8 heterocycles. The number of fused-ring (bicyclic) bond motifs is 2. The molecule has 15 heteroatoms. The van der Waals surface area contributed by atoms with Gasteiger partial charge in [0, 0.05) is 150 Å². The number of anilines is 4. The second-order valence-electron chi connectivity index (χ2n) is 16.7. The average molecular weight is 949 g/mol. The number of hydrogen-bond donors (Lipinski definition) is 4. The first-order valence-electron chi connectivity index (χ1n) is 22.8. The van der Waals surface area contributed by atoms with Gasteiger partial charge in [-0.05, 0) is 102 Å². The molecule has 344 valence electrons. The summed E-state index contributed by atoms with van der Waals surface area (Å²) in [5.74, 6) is -0.0213. The zero-order valence-electron chi connectivity index (χ0n) is 37.6. The summed E-state index contributed by atoms with van der Waals surface area (Å²) >= 11 is 3.21. The Balaban J connectivity index is 0.000000134. The van der Waals surface area contributed by atoms with Gasteiger partial charge in [-0.3, -0.25) is 24.4 Å². The molecule has 0 aliphatic carbocycles. The highest BCUT2D eigenvalue weighted by atomic mass is 32.1. The van der Waals surface area contributed by atoms with Crippen molar-refractivity contribution in [3.8, 4) is 43.7 Å². The number of carbonyl (C=O) groups is 3. The molecule has 4 aliphatic heterocycles. The van der Waals surface area contributed by atoms with Crippen LogP contribution in [0.5, 0.6) is 0 Å². The molecule has 69 heavy (non-hydrogen) atoms. The summed E-state index contributed by atoms with van der Waals surface area (Å²) in [5, 5.41) is 18.6. The molecule has 0 atom stereocenters. The van der Waals surface area contributed by atoms with E-state index in [1.165, 1.54) is 11.4 Å². The van der Waals surface area contributed by atoms with E-state index >= 15 is 0 Å². The van der Waals surface area contributed by atoms with E-state index < -0.39 is 0 Å². The summed E-state index contributed by atoms with van der Waals surface area (Å²) in [6.07, 6.45) is 10.4. The Bertz CT molecular complexity index is 3110. The second kappa shape index (κ2) is 21.1. The van der Waals surface area contributed by atoms with E-state index in [0.717, 1.165) is 136 Å². The number of carbonyl (C=O) groups excluding carboxylic acids is 3. The van der Waals surface area contributed by atoms with Crippen molar-refractivity contribution < 1.29 is 14.4 Å². The Hall–Kier alpha value is -7.69. The summed E-state index contributed by atoms with van der Waals surface area (Å²) in [4.78, 5) is 57.0. The van der Waals surface area contributed by atoms with Crippen molar-refractivity contribution in [2.45, 2.75) is 6.42 Å². The van der Waals surface area contributed by atoms with Gasteiger partial charge in [0.1, 0.15) is 16.3 Å². The lowest BCUT2D eigenvalue weighted by Crippen LogP contribution is -2.43. The van der Waals surface area contributed by atoms with Crippen LogP contribution in [0.15, 0.2) is 145 Å².